The lowest BCUT2D eigenvalue weighted by Crippen LogP contribution is -2.37. The van der Waals surface area contributed by atoms with Crippen LogP contribution in [0.4, 0.5) is 0 Å². The third-order valence-corrected chi connectivity index (χ3v) is 3.48. The maximum absolute atomic E-state index is 12.0. The molecule has 0 spiro atoms. The van der Waals surface area contributed by atoms with Gasteiger partial charge in [-0.1, -0.05) is 30.3 Å². The number of rotatable bonds is 3. The summed E-state index contributed by atoms with van der Waals surface area (Å²) in [6.45, 7) is 3.14. The van der Waals surface area contributed by atoms with Crippen molar-refractivity contribution >= 4 is 5.97 Å². The minimum absolute atomic E-state index is 0.162. The molecule has 0 saturated carbocycles. The molecule has 2 rings (SSSR count). The number of carbonyl (C=O) groups excluding carboxylic acids is 1. The fourth-order valence-electron chi connectivity index (χ4n) is 2.55. The smallest absolute Gasteiger partial charge is 0.327 e. The Morgan fingerprint density at radius 2 is 2.12 bits per heavy atom. The van der Waals surface area contributed by atoms with Gasteiger partial charge in [0.1, 0.15) is 6.04 Å². The van der Waals surface area contributed by atoms with Gasteiger partial charge in [-0.3, -0.25) is 4.90 Å². The highest BCUT2D eigenvalue weighted by molar-refractivity contribution is 5.77. The maximum atomic E-state index is 12.0. The summed E-state index contributed by atoms with van der Waals surface area (Å²) >= 11 is 0. The Balaban J connectivity index is 2.28. The first-order valence-corrected chi connectivity index (χ1v) is 6.12. The fraction of sp³-hybridized carbons (Fsp3) is 0.500. The van der Waals surface area contributed by atoms with Crippen molar-refractivity contribution in [1.29, 1.82) is 0 Å². The quantitative estimate of drug-likeness (QED) is 0.751. The highest BCUT2D eigenvalue weighted by Gasteiger charge is 2.34. The number of carbonyl (C=O) groups is 1. The number of methoxy groups -OCH3 is 1. The summed E-state index contributed by atoms with van der Waals surface area (Å²) in [6.07, 6.45) is 2.31. The number of esters is 1. The lowest BCUT2D eigenvalue weighted by molar-refractivity contribution is -0.147. The van der Waals surface area contributed by atoms with E-state index in [-0.39, 0.29) is 12.0 Å². The summed E-state index contributed by atoms with van der Waals surface area (Å²) < 4.78 is 4.95. The van der Waals surface area contributed by atoms with Crippen molar-refractivity contribution in [3.8, 4) is 0 Å². The standard InChI is InChI=1S/C14H19NO2/c1-11-7-6-10-15(11)13(14(16)17-2)12-8-4-3-5-9-12/h3-5,8-9,11,13H,6-7,10H2,1-2H3/t11-,13-/m0/s1. The van der Waals surface area contributed by atoms with Crippen molar-refractivity contribution in [2.24, 2.45) is 0 Å². The summed E-state index contributed by atoms with van der Waals surface area (Å²) in [6, 6.07) is 10.1. The zero-order chi connectivity index (χ0) is 12.3. The average Bonchev–Trinajstić information content (AvgIpc) is 2.77. The van der Waals surface area contributed by atoms with Crippen LogP contribution in [0.15, 0.2) is 30.3 Å². The third-order valence-electron chi connectivity index (χ3n) is 3.48. The SMILES string of the molecule is COC(=O)[C@H](c1ccccc1)N1CCC[C@@H]1C. The summed E-state index contributed by atoms with van der Waals surface area (Å²) in [7, 11) is 1.46. The van der Waals surface area contributed by atoms with Crippen LogP contribution in [0, 0.1) is 0 Å². The molecule has 0 bridgehead atoms. The van der Waals surface area contributed by atoms with Gasteiger partial charge in [0.25, 0.3) is 0 Å². The van der Waals surface area contributed by atoms with Gasteiger partial charge in [0.15, 0.2) is 0 Å². The van der Waals surface area contributed by atoms with Crippen LogP contribution in [0.1, 0.15) is 31.4 Å². The number of hydrogen-bond acceptors (Lipinski definition) is 3. The topological polar surface area (TPSA) is 29.5 Å². The van der Waals surface area contributed by atoms with Gasteiger partial charge >= 0.3 is 5.97 Å². The van der Waals surface area contributed by atoms with Crippen LogP contribution >= 0.6 is 0 Å². The van der Waals surface area contributed by atoms with Gasteiger partial charge in [-0.2, -0.15) is 0 Å². The first kappa shape index (κ1) is 12.1. The van der Waals surface area contributed by atoms with Crippen LogP contribution in [0.25, 0.3) is 0 Å². The first-order chi connectivity index (χ1) is 8.24. The van der Waals surface area contributed by atoms with Gasteiger partial charge in [0.2, 0.25) is 0 Å². The van der Waals surface area contributed by atoms with Crippen LogP contribution in [0.2, 0.25) is 0 Å². The molecular formula is C14H19NO2. The molecule has 0 unspecified atom stereocenters. The Morgan fingerprint density at radius 1 is 1.41 bits per heavy atom. The van der Waals surface area contributed by atoms with Crippen LogP contribution in [-0.4, -0.2) is 30.6 Å². The molecule has 0 aliphatic carbocycles. The molecule has 1 aliphatic rings. The van der Waals surface area contributed by atoms with E-state index in [0.717, 1.165) is 24.9 Å². The molecule has 1 aromatic carbocycles. The normalized spacial score (nSPS) is 22.4. The molecule has 3 heteroatoms. The lowest BCUT2D eigenvalue weighted by Gasteiger charge is -2.29. The van der Waals surface area contributed by atoms with Gasteiger partial charge < -0.3 is 4.74 Å². The van der Waals surface area contributed by atoms with E-state index in [9.17, 15) is 4.79 Å². The van der Waals surface area contributed by atoms with Crippen molar-refractivity contribution in [2.75, 3.05) is 13.7 Å². The van der Waals surface area contributed by atoms with E-state index in [0.29, 0.717) is 6.04 Å². The Kier molecular flexibility index (Phi) is 3.79. The molecule has 2 atom stereocenters. The summed E-state index contributed by atoms with van der Waals surface area (Å²) in [5, 5.41) is 0. The van der Waals surface area contributed by atoms with Gasteiger partial charge in [-0.25, -0.2) is 4.79 Å². The Labute approximate surface area is 102 Å². The summed E-state index contributed by atoms with van der Waals surface area (Å²) in [5.74, 6) is -0.162. The van der Waals surface area contributed by atoms with Crippen molar-refractivity contribution in [2.45, 2.75) is 31.8 Å². The maximum Gasteiger partial charge on any atom is 0.327 e. The van der Waals surface area contributed by atoms with Crippen molar-refractivity contribution < 1.29 is 9.53 Å². The van der Waals surface area contributed by atoms with Crippen molar-refractivity contribution in [3.05, 3.63) is 35.9 Å². The largest absolute Gasteiger partial charge is 0.468 e. The van der Waals surface area contributed by atoms with Gasteiger partial charge in [-0.05, 0) is 31.9 Å². The van der Waals surface area contributed by atoms with Crippen LogP contribution in [0.3, 0.4) is 0 Å². The molecule has 0 amide bonds. The average molecular weight is 233 g/mol. The zero-order valence-corrected chi connectivity index (χ0v) is 10.4. The van der Waals surface area contributed by atoms with Gasteiger partial charge in [-0.15, -0.1) is 0 Å². The van der Waals surface area contributed by atoms with E-state index in [1.165, 1.54) is 7.11 Å². The second kappa shape index (κ2) is 5.32. The lowest BCUT2D eigenvalue weighted by atomic mass is 10.0. The van der Waals surface area contributed by atoms with E-state index in [1.807, 2.05) is 30.3 Å². The molecule has 17 heavy (non-hydrogen) atoms. The van der Waals surface area contributed by atoms with Gasteiger partial charge in [0.05, 0.1) is 7.11 Å². The highest BCUT2D eigenvalue weighted by atomic mass is 16.5. The van der Waals surface area contributed by atoms with E-state index in [2.05, 4.69) is 11.8 Å². The number of likely N-dealkylation sites (tertiary alicyclic amines) is 1. The second-order valence-corrected chi connectivity index (χ2v) is 4.57. The second-order valence-electron chi connectivity index (χ2n) is 4.57. The zero-order valence-electron chi connectivity index (χ0n) is 10.4. The molecule has 0 radical (unpaired) electrons. The number of hydrogen-bond donors (Lipinski definition) is 0. The van der Waals surface area contributed by atoms with Crippen molar-refractivity contribution in [1.82, 2.24) is 4.90 Å². The molecule has 1 saturated heterocycles. The predicted octanol–water partition coefficient (Wildman–Crippen LogP) is 2.39. The van der Waals surface area contributed by atoms with E-state index in [4.69, 9.17) is 4.74 Å². The Bertz CT molecular complexity index is 377. The third kappa shape index (κ3) is 2.50. The molecule has 3 nitrogen and oxygen atoms in total. The number of nitrogens with zero attached hydrogens (tertiary/aromatic N) is 1. The Hall–Kier alpha value is -1.35. The molecule has 1 heterocycles. The molecule has 0 aromatic heterocycles. The molecular weight excluding hydrogens is 214 g/mol. The number of ether oxygens (including phenoxy) is 1. The van der Waals surface area contributed by atoms with E-state index < -0.39 is 0 Å². The van der Waals surface area contributed by atoms with Crippen LogP contribution < -0.4 is 0 Å². The molecule has 0 N–H and O–H groups in total. The molecule has 1 aromatic rings. The molecule has 1 fully saturated rings. The first-order valence-electron chi connectivity index (χ1n) is 6.12. The minimum Gasteiger partial charge on any atom is -0.468 e. The Morgan fingerprint density at radius 3 is 2.65 bits per heavy atom. The highest BCUT2D eigenvalue weighted by Crippen LogP contribution is 2.30. The summed E-state index contributed by atoms with van der Waals surface area (Å²) in [5.41, 5.74) is 1.02. The minimum atomic E-state index is -0.251. The van der Waals surface area contributed by atoms with E-state index in [1.54, 1.807) is 0 Å². The van der Waals surface area contributed by atoms with Crippen molar-refractivity contribution in [3.63, 3.8) is 0 Å². The van der Waals surface area contributed by atoms with E-state index >= 15 is 0 Å². The predicted molar refractivity (Wildman–Crippen MR) is 66.6 cm³/mol. The number of benzene rings is 1. The summed E-state index contributed by atoms with van der Waals surface area (Å²) in [4.78, 5) is 14.2. The fourth-order valence-corrected chi connectivity index (χ4v) is 2.55. The monoisotopic (exact) mass is 233 g/mol. The van der Waals surface area contributed by atoms with Gasteiger partial charge in [0, 0.05) is 6.04 Å². The molecule has 1 aliphatic heterocycles. The van der Waals surface area contributed by atoms with Crippen LogP contribution in [0.5, 0.6) is 0 Å². The molecule has 92 valence electrons. The van der Waals surface area contributed by atoms with Crippen LogP contribution in [-0.2, 0) is 9.53 Å².